The van der Waals surface area contributed by atoms with Crippen molar-refractivity contribution in [1.29, 1.82) is 0 Å². The van der Waals surface area contributed by atoms with Crippen LogP contribution in [-0.4, -0.2) is 32.0 Å². The molecular weight excluding hydrogens is 412 g/mol. The molecule has 2 unspecified atom stereocenters. The SMILES string of the molecule is Br.O=C(O)C1CCCC1NCc1cc([N+](=O)[O-])cc2[nH]c(=O)c(=O)[nH]c12. The van der Waals surface area contributed by atoms with Crippen LogP contribution < -0.4 is 16.4 Å². The highest BCUT2D eigenvalue weighted by molar-refractivity contribution is 8.93. The van der Waals surface area contributed by atoms with Crippen LogP contribution in [0.25, 0.3) is 11.0 Å². The van der Waals surface area contributed by atoms with Gasteiger partial charge in [0.1, 0.15) is 0 Å². The van der Waals surface area contributed by atoms with E-state index in [9.17, 15) is 29.6 Å². The van der Waals surface area contributed by atoms with E-state index in [1.165, 1.54) is 12.1 Å². The summed E-state index contributed by atoms with van der Waals surface area (Å²) in [5.41, 5.74) is -1.13. The number of nitrogens with one attached hydrogen (secondary N) is 3. The van der Waals surface area contributed by atoms with Gasteiger partial charge in [0.05, 0.1) is 21.9 Å². The zero-order valence-corrected chi connectivity index (χ0v) is 15.2. The third kappa shape index (κ3) is 3.83. The van der Waals surface area contributed by atoms with E-state index in [4.69, 9.17) is 0 Å². The molecule has 26 heavy (non-hydrogen) atoms. The van der Waals surface area contributed by atoms with Gasteiger partial charge in [0.25, 0.3) is 5.69 Å². The van der Waals surface area contributed by atoms with Crippen molar-refractivity contribution in [3.8, 4) is 0 Å². The van der Waals surface area contributed by atoms with Crippen LogP contribution in [0.5, 0.6) is 0 Å². The first kappa shape index (κ1) is 19.8. The summed E-state index contributed by atoms with van der Waals surface area (Å²) in [6, 6.07) is 2.22. The van der Waals surface area contributed by atoms with E-state index in [0.717, 1.165) is 6.42 Å². The Labute approximate surface area is 156 Å². The van der Waals surface area contributed by atoms with Gasteiger partial charge in [0.2, 0.25) is 0 Å². The molecular formula is C15H17BrN4O6. The van der Waals surface area contributed by atoms with E-state index in [0.29, 0.717) is 18.4 Å². The Morgan fingerprint density at radius 1 is 1.27 bits per heavy atom. The summed E-state index contributed by atoms with van der Waals surface area (Å²) in [5, 5.41) is 23.4. The van der Waals surface area contributed by atoms with Crippen molar-refractivity contribution < 1.29 is 14.8 Å². The number of aliphatic carboxylic acids is 1. The summed E-state index contributed by atoms with van der Waals surface area (Å²) in [6.45, 7) is 0.134. The molecule has 140 valence electrons. The van der Waals surface area contributed by atoms with Gasteiger partial charge in [-0.05, 0) is 18.4 Å². The fraction of sp³-hybridized carbons (Fsp3) is 0.400. The normalized spacial score (nSPS) is 19.2. The molecule has 1 aromatic heterocycles. The highest BCUT2D eigenvalue weighted by atomic mass is 79.9. The first-order chi connectivity index (χ1) is 11.9. The summed E-state index contributed by atoms with van der Waals surface area (Å²) in [7, 11) is 0. The molecule has 0 amide bonds. The lowest BCUT2D eigenvalue weighted by atomic mass is 10.0. The number of nitro benzene ring substituents is 1. The Morgan fingerprint density at radius 2 is 1.96 bits per heavy atom. The fourth-order valence-corrected chi connectivity index (χ4v) is 3.27. The first-order valence-corrected chi connectivity index (χ1v) is 7.76. The second kappa shape index (κ2) is 7.79. The largest absolute Gasteiger partial charge is 0.481 e. The molecule has 0 spiro atoms. The smallest absolute Gasteiger partial charge is 0.314 e. The lowest BCUT2D eigenvalue weighted by Crippen LogP contribution is -2.36. The predicted octanol–water partition coefficient (Wildman–Crippen LogP) is 1.05. The maximum absolute atomic E-state index is 11.6. The van der Waals surface area contributed by atoms with Crippen LogP contribution in [0.3, 0.4) is 0 Å². The highest BCUT2D eigenvalue weighted by Crippen LogP contribution is 2.27. The summed E-state index contributed by atoms with van der Waals surface area (Å²) >= 11 is 0. The number of aromatic amines is 2. The molecule has 2 aromatic rings. The van der Waals surface area contributed by atoms with Crippen molar-refractivity contribution in [2.75, 3.05) is 0 Å². The third-order valence-corrected chi connectivity index (χ3v) is 4.50. The first-order valence-electron chi connectivity index (χ1n) is 7.76. The molecule has 0 saturated heterocycles. The van der Waals surface area contributed by atoms with E-state index in [1.54, 1.807) is 0 Å². The zero-order chi connectivity index (χ0) is 18.1. The van der Waals surface area contributed by atoms with Crippen molar-refractivity contribution in [1.82, 2.24) is 15.3 Å². The number of nitrogens with zero attached hydrogens (tertiary/aromatic N) is 1. The number of carboxylic acid groups (broad SMARTS) is 1. The van der Waals surface area contributed by atoms with Crippen LogP contribution in [0.2, 0.25) is 0 Å². The molecule has 1 aromatic carbocycles. The molecule has 1 aliphatic rings. The van der Waals surface area contributed by atoms with Crippen LogP contribution in [0, 0.1) is 16.0 Å². The second-order valence-corrected chi connectivity index (χ2v) is 6.06. The molecule has 10 nitrogen and oxygen atoms in total. The number of H-pyrrole nitrogens is 2. The summed E-state index contributed by atoms with van der Waals surface area (Å²) < 4.78 is 0. The van der Waals surface area contributed by atoms with Crippen LogP contribution in [0.15, 0.2) is 21.7 Å². The number of hydrogen-bond donors (Lipinski definition) is 4. The number of carboxylic acids is 1. The minimum absolute atomic E-state index is 0. The molecule has 0 bridgehead atoms. The Kier molecular flexibility index (Phi) is 5.93. The Hall–Kier alpha value is -2.53. The van der Waals surface area contributed by atoms with Gasteiger partial charge in [0.15, 0.2) is 0 Å². The molecule has 3 rings (SSSR count). The van der Waals surface area contributed by atoms with Crippen LogP contribution in [-0.2, 0) is 11.3 Å². The highest BCUT2D eigenvalue weighted by Gasteiger charge is 2.32. The number of carbonyl (C=O) groups is 1. The van der Waals surface area contributed by atoms with Gasteiger partial charge in [-0.2, -0.15) is 0 Å². The minimum Gasteiger partial charge on any atom is -0.481 e. The quantitative estimate of drug-likeness (QED) is 0.314. The van der Waals surface area contributed by atoms with Crippen LogP contribution in [0.4, 0.5) is 5.69 Å². The van der Waals surface area contributed by atoms with E-state index in [-0.39, 0.29) is 46.3 Å². The second-order valence-electron chi connectivity index (χ2n) is 6.06. The number of fused-ring (bicyclic) bond motifs is 1. The van der Waals surface area contributed by atoms with Crippen molar-refractivity contribution in [2.45, 2.75) is 31.8 Å². The summed E-state index contributed by atoms with van der Waals surface area (Å²) in [6.07, 6.45) is 2.05. The van der Waals surface area contributed by atoms with Crippen molar-refractivity contribution in [3.05, 3.63) is 48.5 Å². The molecule has 1 heterocycles. The molecule has 1 fully saturated rings. The van der Waals surface area contributed by atoms with Gasteiger partial charge in [0, 0.05) is 24.7 Å². The van der Waals surface area contributed by atoms with Crippen molar-refractivity contribution in [2.24, 2.45) is 5.92 Å². The average molecular weight is 429 g/mol. The molecule has 2 atom stereocenters. The average Bonchev–Trinajstić information content (AvgIpc) is 3.02. The molecule has 1 aliphatic carbocycles. The number of benzene rings is 1. The summed E-state index contributed by atoms with van der Waals surface area (Å²) in [5.74, 6) is -1.39. The minimum atomic E-state index is -0.895. The number of hydrogen-bond acceptors (Lipinski definition) is 6. The number of nitro groups is 1. The van der Waals surface area contributed by atoms with Gasteiger partial charge < -0.3 is 20.4 Å². The van der Waals surface area contributed by atoms with Gasteiger partial charge >= 0.3 is 17.1 Å². The van der Waals surface area contributed by atoms with Gasteiger partial charge in [-0.15, -0.1) is 17.0 Å². The predicted molar refractivity (Wildman–Crippen MR) is 97.8 cm³/mol. The Bertz CT molecular complexity index is 969. The standard InChI is InChI=1S/C15H16N4O6.BrH/c20-13-14(21)18-12-7(4-8(19(24)25)5-11(12)17-13)6-16-10-3-1-2-9(10)15(22)23;/h4-5,9-10,16H,1-3,6H2,(H,17,20)(H,18,21)(H,22,23);1H. The molecule has 11 heteroatoms. The Morgan fingerprint density at radius 3 is 2.62 bits per heavy atom. The van der Waals surface area contributed by atoms with E-state index in [2.05, 4.69) is 15.3 Å². The number of aromatic nitrogens is 2. The van der Waals surface area contributed by atoms with Crippen LogP contribution >= 0.6 is 17.0 Å². The topological polar surface area (TPSA) is 158 Å². The van der Waals surface area contributed by atoms with Gasteiger partial charge in [-0.25, -0.2) is 0 Å². The maximum Gasteiger partial charge on any atom is 0.314 e. The fourth-order valence-electron chi connectivity index (χ4n) is 3.27. The van der Waals surface area contributed by atoms with E-state index >= 15 is 0 Å². The van der Waals surface area contributed by atoms with Crippen molar-refractivity contribution in [3.63, 3.8) is 0 Å². The molecule has 0 aliphatic heterocycles. The van der Waals surface area contributed by atoms with Gasteiger partial charge in [-0.1, -0.05) is 6.42 Å². The number of non-ortho nitro benzene ring substituents is 1. The number of halogens is 1. The van der Waals surface area contributed by atoms with E-state index in [1.807, 2.05) is 0 Å². The maximum atomic E-state index is 11.6. The molecule has 1 saturated carbocycles. The van der Waals surface area contributed by atoms with Crippen molar-refractivity contribution >= 4 is 39.7 Å². The van der Waals surface area contributed by atoms with E-state index < -0.39 is 27.9 Å². The number of rotatable bonds is 5. The van der Waals surface area contributed by atoms with Gasteiger partial charge in [-0.3, -0.25) is 24.5 Å². The Balaban J connectivity index is 0.00000243. The summed E-state index contributed by atoms with van der Waals surface area (Å²) in [4.78, 5) is 49.5. The molecule has 0 radical (unpaired) electrons. The van der Waals surface area contributed by atoms with Crippen LogP contribution in [0.1, 0.15) is 24.8 Å². The molecule has 4 N–H and O–H groups in total. The zero-order valence-electron chi connectivity index (χ0n) is 13.5. The lowest BCUT2D eigenvalue weighted by Gasteiger charge is -2.18. The third-order valence-electron chi connectivity index (χ3n) is 4.50. The monoisotopic (exact) mass is 428 g/mol. The lowest BCUT2D eigenvalue weighted by molar-refractivity contribution is -0.384.